The second-order valence-corrected chi connectivity index (χ2v) is 5.17. The number of nitrogens with one attached hydrogen (secondary N) is 1. The molecule has 2 rings (SSSR count). The number of benzene rings is 1. The third-order valence-corrected chi connectivity index (χ3v) is 3.15. The number of anilines is 1. The van der Waals surface area contributed by atoms with Crippen LogP contribution in [0.1, 0.15) is 29.9 Å². The molecule has 2 aromatic rings. The fourth-order valence-electron chi connectivity index (χ4n) is 2.21. The Labute approximate surface area is 119 Å². The van der Waals surface area contributed by atoms with Crippen molar-refractivity contribution in [1.29, 1.82) is 0 Å². The SMILES string of the molecule is Cc1cc(C)cc(NC(=O)C[NH2+][C@@H](C)c2ccco2)c1. The molecular formula is C16H21N2O2+. The first kappa shape index (κ1) is 14.3. The molecule has 0 saturated carbocycles. The summed E-state index contributed by atoms with van der Waals surface area (Å²) in [6.07, 6.45) is 1.65. The zero-order valence-electron chi connectivity index (χ0n) is 12.1. The number of furan rings is 1. The summed E-state index contributed by atoms with van der Waals surface area (Å²) < 4.78 is 5.31. The van der Waals surface area contributed by atoms with Gasteiger partial charge in [0.25, 0.3) is 5.91 Å². The maximum absolute atomic E-state index is 11.9. The first-order valence-electron chi connectivity index (χ1n) is 6.79. The predicted octanol–water partition coefficient (Wildman–Crippen LogP) is 2.16. The van der Waals surface area contributed by atoms with Gasteiger partial charge in [-0.2, -0.15) is 0 Å². The van der Waals surface area contributed by atoms with Crippen LogP contribution in [-0.4, -0.2) is 12.5 Å². The number of nitrogens with two attached hydrogens (primary N) is 1. The van der Waals surface area contributed by atoms with Crippen LogP contribution in [0.5, 0.6) is 0 Å². The van der Waals surface area contributed by atoms with Crippen LogP contribution in [0.3, 0.4) is 0 Å². The van der Waals surface area contributed by atoms with Crippen LogP contribution < -0.4 is 10.6 Å². The minimum Gasteiger partial charge on any atom is -0.463 e. The van der Waals surface area contributed by atoms with Crippen molar-refractivity contribution in [2.75, 3.05) is 11.9 Å². The van der Waals surface area contributed by atoms with E-state index in [2.05, 4.69) is 11.4 Å². The van der Waals surface area contributed by atoms with Crippen LogP contribution in [0, 0.1) is 13.8 Å². The van der Waals surface area contributed by atoms with Crippen molar-refractivity contribution in [3.05, 3.63) is 53.5 Å². The molecule has 0 spiro atoms. The van der Waals surface area contributed by atoms with E-state index in [1.54, 1.807) is 6.26 Å². The minimum absolute atomic E-state index is 0.00611. The van der Waals surface area contributed by atoms with Gasteiger partial charge in [-0.1, -0.05) is 6.07 Å². The highest BCUT2D eigenvalue weighted by Crippen LogP contribution is 2.13. The molecule has 4 nitrogen and oxygen atoms in total. The first-order chi connectivity index (χ1) is 9.54. The maximum atomic E-state index is 11.9. The lowest BCUT2D eigenvalue weighted by Crippen LogP contribution is -2.86. The third kappa shape index (κ3) is 3.96. The van der Waals surface area contributed by atoms with Gasteiger partial charge >= 0.3 is 0 Å². The number of carbonyl (C=O) groups is 1. The Hall–Kier alpha value is -2.07. The Morgan fingerprint density at radius 1 is 1.30 bits per heavy atom. The number of hydrogen-bond donors (Lipinski definition) is 2. The first-order valence-corrected chi connectivity index (χ1v) is 6.79. The highest BCUT2D eigenvalue weighted by molar-refractivity contribution is 5.91. The molecule has 106 valence electrons. The minimum atomic E-state index is -0.00611. The Bertz CT molecular complexity index is 556. The van der Waals surface area contributed by atoms with Gasteiger partial charge < -0.3 is 15.1 Å². The smallest absolute Gasteiger partial charge is 0.279 e. The molecule has 0 bridgehead atoms. The van der Waals surface area contributed by atoms with E-state index in [-0.39, 0.29) is 11.9 Å². The van der Waals surface area contributed by atoms with Gasteiger partial charge in [-0.05, 0) is 56.2 Å². The summed E-state index contributed by atoms with van der Waals surface area (Å²) in [5.74, 6) is 0.873. The average molecular weight is 273 g/mol. The van der Waals surface area contributed by atoms with Crippen LogP contribution in [0.25, 0.3) is 0 Å². The predicted molar refractivity (Wildman–Crippen MR) is 78.5 cm³/mol. The molecule has 1 amide bonds. The Morgan fingerprint density at radius 2 is 2.00 bits per heavy atom. The lowest BCUT2D eigenvalue weighted by molar-refractivity contribution is -0.684. The second kappa shape index (κ2) is 6.39. The van der Waals surface area contributed by atoms with E-state index in [0.717, 1.165) is 22.6 Å². The van der Waals surface area contributed by atoms with E-state index < -0.39 is 0 Å². The standard InChI is InChI=1S/C16H20N2O2/c1-11-7-12(2)9-14(8-11)18-16(19)10-17-13(3)15-5-4-6-20-15/h4-9,13,17H,10H2,1-3H3,(H,18,19)/p+1/t13-/m0/s1. The summed E-state index contributed by atoms with van der Waals surface area (Å²) in [5.41, 5.74) is 3.15. The highest BCUT2D eigenvalue weighted by Gasteiger charge is 2.13. The molecule has 0 unspecified atom stereocenters. The second-order valence-electron chi connectivity index (χ2n) is 5.17. The number of hydrogen-bond acceptors (Lipinski definition) is 2. The number of amides is 1. The molecule has 3 N–H and O–H groups in total. The van der Waals surface area contributed by atoms with Gasteiger partial charge in [-0.25, -0.2) is 0 Å². The number of carbonyl (C=O) groups excluding carboxylic acids is 1. The molecule has 0 aliphatic heterocycles. The molecule has 0 radical (unpaired) electrons. The molecule has 0 saturated heterocycles. The van der Waals surface area contributed by atoms with Crippen molar-refractivity contribution in [2.45, 2.75) is 26.8 Å². The summed E-state index contributed by atoms with van der Waals surface area (Å²) >= 11 is 0. The fraction of sp³-hybridized carbons (Fsp3) is 0.312. The van der Waals surface area contributed by atoms with E-state index in [1.807, 2.05) is 50.4 Å². The molecule has 1 heterocycles. The normalized spacial score (nSPS) is 12.2. The Morgan fingerprint density at radius 3 is 2.60 bits per heavy atom. The molecule has 1 aromatic carbocycles. The van der Waals surface area contributed by atoms with Crippen LogP contribution in [-0.2, 0) is 4.79 Å². The van der Waals surface area contributed by atoms with Gasteiger partial charge in [-0.3, -0.25) is 4.79 Å². The zero-order chi connectivity index (χ0) is 14.5. The van der Waals surface area contributed by atoms with Crippen molar-refractivity contribution >= 4 is 11.6 Å². The zero-order valence-corrected chi connectivity index (χ0v) is 12.1. The summed E-state index contributed by atoms with van der Waals surface area (Å²) in [6.45, 7) is 6.43. The molecular weight excluding hydrogens is 252 g/mol. The van der Waals surface area contributed by atoms with Gasteiger partial charge in [0, 0.05) is 5.69 Å². The average Bonchev–Trinajstić information content (AvgIpc) is 2.88. The van der Waals surface area contributed by atoms with Crippen molar-refractivity contribution < 1.29 is 14.5 Å². The van der Waals surface area contributed by atoms with Crippen LogP contribution >= 0.6 is 0 Å². The van der Waals surface area contributed by atoms with Gasteiger partial charge in [0.1, 0.15) is 6.04 Å². The van der Waals surface area contributed by atoms with Crippen molar-refractivity contribution in [3.63, 3.8) is 0 Å². The molecule has 0 fully saturated rings. The summed E-state index contributed by atoms with van der Waals surface area (Å²) in [7, 11) is 0. The largest absolute Gasteiger partial charge is 0.463 e. The van der Waals surface area contributed by atoms with Crippen molar-refractivity contribution in [3.8, 4) is 0 Å². The molecule has 20 heavy (non-hydrogen) atoms. The highest BCUT2D eigenvalue weighted by atomic mass is 16.3. The quantitative estimate of drug-likeness (QED) is 0.877. The van der Waals surface area contributed by atoms with E-state index in [9.17, 15) is 4.79 Å². The van der Waals surface area contributed by atoms with Crippen LogP contribution in [0.4, 0.5) is 5.69 Å². The molecule has 4 heteroatoms. The van der Waals surface area contributed by atoms with Gasteiger partial charge in [0.2, 0.25) is 0 Å². The van der Waals surface area contributed by atoms with Gasteiger partial charge in [0.15, 0.2) is 12.3 Å². The number of quaternary nitrogens is 1. The van der Waals surface area contributed by atoms with Crippen molar-refractivity contribution in [1.82, 2.24) is 0 Å². The molecule has 1 atom stereocenters. The van der Waals surface area contributed by atoms with E-state index in [4.69, 9.17) is 4.42 Å². The number of rotatable bonds is 5. The Kier molecular flexibility index (Phi) is 4.58. The third-order valence-electron chi connectivity index (χ3n) is 3.15. The van der Waals surface area contributed by atoms with E-state index in [1.165, 1.54) is 0 Å². The van der Waals surface area contributed by atoms with Crippen LogP contribution in [0.2, 0.25) is 0 Å². The fourth-order valence-corrected chi connectivity index (χ4v) is 2.21. The van der Waals surface area contributed by atoms with E-state index in [0.29, 0.717) is 6.54 Å². The maximum Gasteiger partial charge on any atom is 0.279 e. The molecule has 0 aliphatic carbocycles. The van der Waals surface area contributed by atoms with E-state index >= 15 is 0 Å². The molecule has 1 aromatic heterocycles. The lowest BCUT2D eigenvalue weighted by atomic mass is 10.1. The Balaban J connectivity index is 1.86. The summed E-state index contributed by atoms with van der Waals surface area (Å²) in [4.78, 5) is 11.9. The summed E-state index contributed by atoms with van der Waals surface area (Å²) in [6, 6.07) is 9.94. The van der Waals surface area contributed by atoms with Gasteiger partial charge in [-0.15, -0.1) is 0 Å². The summed E-state index contributed by atoms with van der Waals surface area (Å²) in [5, 5.41) is 4.88. The lowest BCUT2D eigenvalue weighted by Gasteiger charge is -2.09. The van der Waals surface area contributed by atoms with Crippen molar-refractivity contribution in [2.24, 2.45) is 0 Å². The molecule has 0 aliphatic rings. The number of aryl methyl sites for hydroxylation is 2. The van der Waals surface area contributed by atoms with Crippen LogP contribution in [0.15, 0.2) is 41.0 Å². The monoisotopic (exact) mass is 273 g/mol. The topological polar surface area (TPSA) is 58.9 Å². The van der Waals surface area contributed by atoms with Gasteiger partial charge in [0.05, 0.1) is 6.26 Å².